The SMILES string of the molecule is CCCCc1ccc(S(C)(=O)=O)cc1-c1ccc(=O)n(C)c1. The van der Waals surface area contributed by atoms with Crippen LogP contribution in [0.5, 0.6) is 0 Å². The maximum Gasteiger partial charge on any atom is 0.250 e. The van der Waals surface area contributed by atoms with Crippen LogP contribution in [0.2, 0.25) is 0 Å². The molecule has 5 heteroatoms. The highest BCUT2D eigenvalue weighted by molar-refractivity contribution is 7.90. The van der Waals surface area contributed by atoms with Gasteiger partial charge in [0.1, 0.15) is 0 Å². The van der Waals surface area contributed by atoms with Crippen molar-refractivity contribution in [2.24, 2.45) is 7.05 Å². The summed E-state index contributed by atoms with van der Waals surface area (Å²) in [6, 6.07) is 8.50. The van der Waals surface area contributed by atoms with E-state index in [1.807, 2.05) is 6.07 Å². The average Bonchev–Trinajstić information content (AvgIpc) is 2.47. The molecule has 118 valence electrons. The van der Waals surface area contributed by atoms with Crippen molar-refractivity contribution < 1.29 is 8.42 Å². The molecular formula is C17H21NO3S. The van der Waals surface area contributed by atoms with Crippen molar-refractivity contribution in [2.45, 2.75) is 31.1 Å². The van der Waals surface area contributed by atoms with Crippen molar-refractivity contribution >= 4 is 9.84 Å². The fourth-order valence-corrected chi connectivity index (χ4v) is 3.04. The van der Waals surface area contributed by atoms with Crippen LogP contribution >= 0.6 is 0 Å². The molecule has 0 fully saturated rings. The van der Waals surface area contributed by atoms with Gasteiger partial charge in [0.15, 0.2) is 9.84 Å². The third-order valence-electron chi connectivity index (χ3n) is 3.71. The highest BCUT2D eigenvalue weighted by Gasteiger charge is 2.12. The standard InChI is InChI=1S/C17H21NO3S/c1-4-5-6-13-7-9-15(22(3,20)21)11-16(13)14-8-10-17(19)18(2)12-14/h7-12H,4-6H2,1-3H3. The molecule has 4 nitrogen and oxygen atoms in total. The summed E-state index contributed by atoms with van der Waals surface area (Å²) in [6.07, 6.45) is 5.95. The largest absolute Gasteiger partial charge is 0.318 e. The minimum atomic E-state index is -3.26. The minimum Gasteiger partial charge on any atom is -0.318 e. The van der Waals surface area contributed by atoms with Crippen molar-refractivity contribution in [1.29, 1.82) is 0 Å². The van der Waals surface area contributed by atoms with Crippen LogP contribution in [0.1, 0.15) is 25.3 Å². The van der Waals surface area contributed by atoms with Gasteiger partial charge >= 0.3 is 0 Å². The predicted octanol–water partition coefficient (Wildman–Crippen LogP) is 2.80. The summed E-state index contributed by atoms with van der Waals surface area (Å²) in [4.78, 5) is 11.9. The number of rotatable bonds is 5. The molecule has 0 radical (unpaired) electrons. The molecule has 2 rings (SSSR count). The summed E-state index contributed by atoms with van der Waals surface area (Å²) in [5.74, 6) is 0. The Labute approximate surface area is 131 Å². The van der Waals surface area contributed by atoms with Gasteiger partial charge in [-0.2, -0.15) is 0 Å². The molecule has 1 heterocycles. The highest BCUT2D eigenvalue weighted by atomic mass is 32.2. The van der Waals surface area contributed by atoms with Gasteiger partial charge in [0, 0.05) is 25.6 Å². The van der Waals surface area contributed by atoms with E-state index in [9.17, 15) is 13.2 Å². The molecule has 2 aromatic rings. The van der Waals surface area contributed by atoms with E-state index in [-0.39, 0.29) is 5.56 Å². The summed E-state index contributed by atoms with van der Waals surface area (Å²) in [5, 5.41) is 0. The summed E-state index contributed by atoms with van der Waals surface area (Å²) in [7, 11) is -1.56. The van der Waals surface area contributed by atoms with Gasteiger partial charge in [-0.3, -0.25) is 4.79 Å². The highest BCUT2D eigenvalue weighted by Crippen LogP contribution is 2.27. The van der Waals surface area contributed by atoms with E-state index in [0.29, 0.717) is 4.90 Å². The second kappa shape index (κ2) is 6.48. The number of hydrogen-bond acceptors (Lipinski definition) is 3. The number of benzene rings is 1. The number of nitrogens with zero attached hydrogens (tertiary/aromatic N) is 1. The van der Waals surface area contributed by atoms with Crippen molar-refractivity contribution in [3.8, 4) is 11.1 Å². The van der Waals surface area contributed by atoms with Crippen LogP contribution in [0.25, 0.3) is 11.1 Å². The zero-order valence-electron chi connectivity index (χ0n) is 13.2. The normalized spacial score (nSPS) is 11.6. The third-order valence-corrected chi connectivity index (χ3v) is 4.82. The molecule has 1 aromatic carbocycles. The summed E-state index contributed by atoms with van der Waals surface area (Å²) in [5.41, 5.74) is 2.76. The number of sulfone groups is 1. The van der Waals surface area contributed by atoms with Crippen LogP contribution in [-0.2, 0) is 23.3 Å². The maximum atomic E-state index is 11.8. The second-order valence-corrected chi connectivity index (χ2v) is 7.58. The summed E-state index contributed by atoms with van der Waals surface area (Å²) in [6.45, 7) is 2.12. The van der Waals surface area contributed by atoms with Crippen molar-refractivity contribution in [1.82, 2.24) is 4.57 Å². The molecule has 0 saturated carbocycles. The van der Waals surface area contributed by atoms with Gasteiger partial charge in [-0.15, -0.1) is 0 Å². The van der Waals surface area contributed by atoms with Gasteiger partial charge in [0.05, 0.1) is 4.90 Å². The lowest BCUT2D eigenvalue weighted by atomic mass is 9.97. The van der Waals surface area contributed by atoms with Crippen LogP contribution in [0.15, 0.2) is 46.2 Å². The fraction of sp³-hybridized carbons (Fsp3) is 0.353. The van der Waals surface area contributed by atoms with E-state index in [2.05, 4.69) is 6.92 Å². The first-order valence-corrected chi connectivity index (χ1v) is 9.22. The Hall–Kier alpha value is -1.88. The van der Waals surface area contributed by atoms with Crippen molar-refractivity contribution in [3.05, 3.63) is 52.4 Å². The zero-order valence-corrected chi connectivity index (χ0v) is 14.0. The van der Waals surface area contributed by atoms with E-state index >= 15 is 0 Å². The molecule has 0 N–H and O–H groups in total. The van der Waals surface area contributed by atoms with Crippen molar-refractivity contribution in [2.75, 3.05) is 6.26 Å². The Morgan fingerprint density at radius 3 is 2.45 bits per heavy atom. The van der Waals surface area contributed by atoms with Crippen LogP contribution in [0, 0.1) is 0 Å². The van der Waals surface area contributed by atoms with E-state index in [4.69, 9.17) is 0 Å². The first kappa shape index (κ1) is 16.5. The third kappa shape index (κ3) is 3.65. The van der Waals surface area contributed by atoms with Crippen LogP contribution < -0.4 is 5.56 Å². The summed E-state index contributed by atoms with van der Waals surface area (Å²) >= 11 is 0. The minimum absolute atomic E-state index is 0.0851. The van der Waals surface area contributed by atoms with E-state index < -0.39 is 9.84 Å². The van der Waals surface area contributed by atoms with E-state index in [0.717, 1.165) is 36.0 Å². The van der Waals surface area contributed by atoms with Crippen molar-refractivity contribution in [3.63, 3.8) is 0 Å². The van der Waals surface area contributed by atoms with E-state index in [1.165, 1.54) is 16.9 Å². The Balaban J connectivity index is 2.62. The van der Waals surface area contributed by atoms with Gasteiger partial charge in [-0.1, -0.05) is 19.4 Å². The van der Waals surface area contributed by atoms with Crippen LogP contribution in [0.3, 0.4) is 0 Å². The maximum absolute atomic E-state index is 11.8. The van der Waals surface area contributed by atoms with Gasteiger partial charge in [-0.05, 0) is 47.7 Å². The van der Waals surface area contributed by atoms with Gasteiger partial charge in [0.2, 0.25) is 5.56 Å². The molecule has 22 heavy (non-hydrogen) atoms. The zero-order chi connectivity index (χ0) is 16.3. The first-order valence-electron chi connectivity index (χ1n) is 7.33. The molecule has 0 saturated heterocycles. The smallest absolute Gasteiger partial charge is 0.250 e. The number of hydrogen-bond donors (Lipinski definition) is 0. The predicted molar refractivity (Wildman–Crippen MR) is 88.8 cm³/mol. The van der Waals surface area contributed by atoms with Gasteiger partial charge in [-0.25, -0.2) is 8.42 Å². The Morgan fingerprint density at radius 2 is 1.86 bits per heavy atom. The van der Waals surface area contributed by atoms with Crippen LogP contribution in [-0.4, -0.2) is 19.2 Å². The monoisotopic (exact) mass is 319 g/mol. The fourth-order valence-electron chi connectivity index (χ4n) is 2.39. The molecule has 0 amide bonds. The second-order valence-electron chi connectivity index (χ2n) is 5.56. The lowest BCUT2D eigenvalue weighted by Crippen LogP contribution is -2.14. The lowest BCUT2D eigenvalue weighted by Gasteiger charge is -2.12. The molecule has 0 aliphatic heterocycles. The van der Waals surface area contributed by atoms with Gasteiger partial charge < -0.3 is 4.57 Å². The Kier molecular flexibility index (Phi) is 4.86. The molecule has 0 aliphatic carbocycles. The van der Waals surface area contributed by atoms with E-state index in [1.54, 1.807) is 31.4 Å². The number of aromatic nitrogens is 1. The molecule has 0 unspecified atom stereocenters. The Morgan fingerprint density at radius 1 is 1.14 bits per heavy atom. The molecule has 0 aliphatic rings. The van der Waals surface area contributed by atoms with Crippen LogP contribution in [0.4, 0.5) is 0 Å². The topological polar surface area (TPSA) is 56.1 Å². The molecule has 0 atom stereocenters. The number of pyridine rings is 1. The molecular weight excluding hydrogens is 298 g/mol. The lowest BCUT2D eigenvalue weighted by molar-refractivity contribution is 0.602. The quantitative estimate of drug-likeness (QED) is 0.851. The first-order chi connectivity index (χ1) is 10.3. The number of unbranched alkanes of at least 4 members (excludes halogenated alkanes) is 1. The molecule has 1 aromatic heterocycles. The average molecular weight is 319 g/mol. The Bertz CT molecular complexity index is 835. The van der Waals surface area contributed by atoms with Gasteiger partial charge in [0.25, 0.3) is 0 Å². The summed E-state index contributed by atoms with van der Waals surface area (Å²) < 4.78 is 25.1. The molecule has 0 bridgehead atoms. The molecule has 0 spiro atoms. The number of aryl methyl sites for hydroxylation is 2.